The Balaban J connectivity index is 1.62. The van der Waals surface area contributed by atoms with Gasteiger partial charge in [-0.25, -0.2) is 0 Å². The van der Waals surface area contributed by atoms with E-state index in [1.807, 2.05) is 48.5 Å². The molecule has 1 amide bonds. The van der Waals surface area contributed by atoms with Crippen LogP contribution in [0, 0.1) is 0 Å². The van der Waals surface area contributed by atoms with Crippen molar-refractivity contribution in [2.24, 2.45) is 0 Å². The van der Waals surface area contributed by atoms with E-state index in [0.717, 1.165) is 48.1 Å². The van der Waals surface area contributed by atoms with Crippen LogP contribution in [0.2, 0.25) is 0 Å². The van der Waals surface area contributed by atoms with E-state index < -0.39 is 17.7 Å². The van der Waals surface area contributed by atoms with Gasteiger partial charge < -0.3 is 24.6 Å². The van der Waals surface area contributed by atoms with E-state index in [9.17, 15) is 14.7 Å². The lowest BCUT2D eigenvalue weighted by Gasteiger charge is -2.28. The first kappa shape index (κ1) is 23.2. The number of carbonyl (C=O) groups is 2. The highest BCUT2D eigenvalue weighted by molar-refractivity contribution is 6.46. The monoisotopic (exact) mass is 473 g/mol. The Labute approximate surface area is 205 Å². The topological polar surface area (TPSA) is 85.9 Å². The number of carbonyl (C=O) groups excluding carboxylic acids is 2. The molecule has 5 rings (SSSR count). The molecule has 7 nitrogen and oxygen atoms in total. The van der Waals surface area contributed by atoms with Gasteiger partial charge in [0.25, 0.3) is 11.7 Å². The molecular weight excluding hydrogens is 442 g/mol. The zero-order chi connectivity index (χ0) is 24.5. The molecule has 0 radical (unpaired) electrons. The number of hydrogen-bond donors (Lipinski definition) is 2. The van der Waals surface area contributed by atoms with Gasteiger partial charge in [-0.2, -0.15) is 0 Å². The quantitative estimate of drug-likeness (QED) is 0.297. The molecule has 2 aliphatic heterocycles. The number of aromatic amines is 1. The van der Waals surface area contributed by atoms with Crippen molar-refractivity contribution in [1.82, 2.24) is 9.88 Å². The molecule has 0 saturated carbocycles. The molecule has 2 atom stereocenters. The minimum absolute atomic E-state index is 0.112. The third kappa shape index (κ3) is 4.10. The largest absolute Gasteiger partial charge is 0.507 e. The number of nitrogens with one attached hydrogen (secondary N) is 1. The lowest BCUT2D eigenvalue weighted by molar-refractivity contribution is -0.140. The number of likely N-dealkylation sites (tertiary alicyclic amines) is 1. The number of para-hydroxylation sites is 1. The number of hydrogen-bond acceptors (Lipinski definition) is 5. The summed E-state index contributed by atoms with van der Waals surface area (Å²) in [7, 11) is 0. The summed E-state index contributed by atoms with van der Waals surface area (Å²) < 4.78 is 5.79. The molecule has 3 heterocycles. The molecule has 35 heavy (non-hydrogen) atoms. The molecular formula is C28H31N3O4. The number of aliphatic hydroxyl groups is 1. The average molecular weight is 474 g/mol. The second-order valence-corrected chi connectivity index (χ2v) is 9.10. The maximum Gasteiger partial charge on any atom is 0.295 e. The smallest absolute Gasteiger partial charge is 0.295 e. The van der Waals surface area contributed by atoms with Crippen LogP contribution in [0.1, 0.15) is 43.9 Å². The van der Waals surface area contributed by atoms with E-state index in [1.54, 1.807) is 11.1 Å². The number of benzene rings is 2. The van der Waals surface area contributed by atoms with Crippen LogP contribution in [-0.2, 0) is 14.3 Å². The van der Waals surface area contributed by atoms with Crippen LogP contribution in [0.15, 0.2) is 60.3 Å². The molecule has 2 saturated heterocycles. The summed E-state index contributed by atoms with van der Waals surface area (Å²) in [6, 6.07) is 14.8. The molecule has 0 bridgehead atoms. The number of rotatable bonds is 7. The van der Waals surface area contributed by atoms with E-state index >= 15 is 0 Å². The lowest BCUT2D eigenvalue weighted by atomic mass is 9.94. The van der Waals surface area contributed by atoms with Crippen LogP contribution < -0.4 is 4.90 Å². The zero-order valence-electron chi connectivity index (χ0n) is 20.2. The Bertz CT molecular complexity index is 1270. The summed E-state index contributed by atoms with van der Waals surface area (Å²) in [5.74, 6) is -1.42. The molecule has 0 spiro atoms. The van der Waals surface area contributed by atoms with Crippen LogP contribution in [0.25, 0.3) is 16.7 Å². The maximum atomic E-state index is 13.3. The number of nitrogens with zero attached hydrogens (tertiary/aromatic N) is 2. The van der Waals surface area contributed by atoms with Gasteiger partial charge >= 0.3 is 0 Å². The van der Waals surface area contributed by atoms with Crippen molar-refractivity contribution in [2.45, 2.75) is 38.8 Å². The van der Waals surface area contributed by atoms with Crippen molar-refractivity contribution in [1.29, 1.82) is 0 Å². The molecule has 182 valence electrons. The third-order valence-electron chi connectivity index (χ3n) is 7.15. The summed E-state index contributed by atoms with van der Waals surface area (Å²) in [6.07, 6.45) is 3.36. The Morgan fingerprint density at radius 2 is 1.86 bits per heavy atom. The van der Waals surface area contributed by atoms with Crippen molar-refractivity contribution < 1.29 is 19.4 Å². The van der Waals surface area contributed by atoms with Gasteiger partial charge in [-0.3, -0.25) is 9.59 Å². The highest BCUT2D eigenvalue weighted by Crippen LogP contribution is 2.41. The predicted molar refractivity (Wildman–Crippen MR) is 136 cm³/mol. The van der Waals surface area contributed by atoms with E-state index in [4.69, 9.17) is 4.74 Å². The Morgan fingerprint density at radius 3 is 2.54 bits per heavy atom. The number of ketones is 1. The number of H-pyrrole nitrogens is 1. The summed E-state index contributed by atoms with van der Waals surface area (Å²) in [5, 5.41) is 12.2. The van der Waals surface area contributed by atoms with Gasteiger partial charge in [0.1, 0.15) is 5.76 Å². The van der Waals surface area contributed by atoms with Gasteiger partial charge in [0.2, 0.25) is 0 Å². The van der Waals surface area contributed by atoms with Gasteiger partial charge in [-0.1, -0.05) is 30.3 Å². The number of ether oxygens (including phenoxy) is 1. The number of aromatic nitrogens is 1. The Morgan fingerprint density at radius 1 is 1.11 bits per heavy atom. The SMILES string of the molecule is CCN(CC)c1ccc(C2/C(=C(/O)c3c[nH]c4ccccc34)C(=O)C(=O)N2CC2CCCO2)cc1. The third-order valence-corrected chi connectivity index (χ3v) is 7.15. The first-order valence-electron chi connectivity index (χ1n) is 12.3. The molecule has 2 aromatic carbocycles. The molecule has 2 fully saturated rings. The molecule has 7 heteroatoms. The fourth-order valence-corrected chi connectivity index (χ4v) is 5.29. The second-order valence-electron chi connectivity index (χ2n) is 9.10. The lowest BCUT2D eigenvalue weighted by Crippen LogP contribution is -2.36. The van der Waals surface area contributed by atoms with Gasteiger partial charge in [0, 0.05) is 54.6 Å². The Kier molecular flexibility index (Phi) is 6.34. The summed E-state index contributed by atoms with van der Waals surface area (Å²) >= 11 is 0. The van der Waals surface area contributed by atoms with E-state index in [0.29, 0.717) is 18.7 Å². The number of anilines is 1. The normalized spacial score (nSPS) is 21.8. The minimum atomic E-state index is -0.682. The standard InChI is InChI=1S/C28H31N3O4/c1-3-30(4-2)19-13-11-18(12-14-19)25-24(26(32)22-16-29-23-10-6-5-9-21(22)23)27(33)28(34)31(25)17-20-8-7-15-35-20/h5-6,9-14,16,20,25,29,32H,3-4,7-8,15,17H2,1-2H3/b26-24-. The van der Waals surface area contributed by atoms with E-state index in [1.165, 1.54) is 0 Å². The molecule has 0 aliphatic carbocycles. The zero-order valence-corrected chi connectivity index (χ0v) is 20.2. The van der Waals surface area contributed by atoms with Gasteiger partial charge in [0.15, 0.2) is 0 Å². The number of fused-ring (bicyclic) bond motifs is 1. The van der Waals surface area contributed by atoms with Crippen molar-refractivity contribution in [3.63, 3.8) is 0 Å². The highest BCUT2D eigenvalue weighted by atomic mass is 16.5. The molecule has 2 aliphatic rings. The van der Waals surface area contributed by atoms with Gasteiger partial charge in [-0.05, 0) is 50.5 Å². The van der Waals surface area contributed by atoms with Crippen molar-refractivity contribution >= 4 is 34.0 Å². The van der Waals surface area contributed by atoms with Gasteiger partial charge in [0.05, 0.1) is 17.7 Å². The van der Waals surface area contributed by atoms with E-state index in [2.05, 4.69) is 23.7 Å². The first-order chi connectivity index (χ1) is 17.0. The number of aliphatic hydroxyl groups excluding tert-OH is 1. The van der Waals surface area contributed by atoms with Crippen LogP contribution in [0.3, 0.4) is 0 Å². The van der Waals surface area contributed by atoms with E-state index in [-0.39, 0.29) is 17.4 Å². The molecule has 1 aromatic heterocycles. The van der Waals surface area contributed by atoms with Gasteiger partial charge in [-0.15, -0.1) is 0 Å². The average Bonchev–Trinajstić information content (AvgIpc) is 3.61. The molecule has 2 unspecified atom stereocenters. The fraction of sp³-hybridized carbons (Fsp3) is 0.357. The fourth-order valence-electron chi connectivity index (χ4n) is 5.29. The summed E-state index contributed by atoms with van der Waals surface area (Å²) in [5.41, 5.74) is 3.35. The summed E-state index contributed by atoms with van der Waals surface area (Å²) in [6.45, 7) is 6.96. The Hall–Kier alpha value is -3.58. The minimum Gasteiger partial charge on any atom is -0.507 e. The number of amides is 1. The van der Waals surface area contributed by atoms with Crippen molar-refractivity contribution in [2.75, 3.05) is 31.1 Å². The second kappa shape index (κ2) is 9.58. The highest BCUT2D eigenvalue weighted by Gasteiger charge is 2.47. The molecule has 2 N–H and O–H groups in total. The predicted octanol–water partition coefficient (Wildman–Crippen LogP) is 4.61. The van der Waals surface area contributed by atoms with Crippen LogP contribution in [-0.4, -0.2) is 59.0 Å². The molecule has 3 aromatic rings. The van der Waals surface area contributed by atoms with Crippen LogP contribution in [0.5, 0.6) is 0 Å². The number of Topliss-reactive ketones (excluding diaryl/α,β-unsaturated/α-hetero) is 1. The summed E-state index contributed by atoms with van der Waals surface area (Å²) in [4.78, 5) is 33.6. The maximum absolute atomic E-state index is 13.3. The van der Waals surface area contributed by atoms with Crippen LogP contribution >= 0.6 is 0 Å². The van der Waals surface area contributed by atoms with Crippen molar-refractivity contribution in [3.05, 3.63) is 71.4 Å². The first-order valence-corrected chi connectivity index (χ1v) is 12.3. The van der Waals surface area contributed by atoms with Crippen molar-refractivity contribution in [3.8, 4) is 0 Å². The van der Waals surface area contributed by atoms with Crippen LogP contribution in [0.4, 0.5) is 5.69 Å².